The fourth-order valence-corrected chi connectivity index (χ4v) is 2.58. The van der Waals surface area contributed by atoms with Gasteiger partial charge in [0.05, 0.1) is 17.6 Å². The molecule has 0 saturated carbocycles. The first-order valence-corrected chi connectivity index (χ1v) is 6.82. The second-order valence-electron chi connectivity index (χ2n) is 4.81. The third-order valence-electron chi connectivity index (χ3n) is 3.31. The van der Waals surface area contributed by atoms with Crippen molar-refractivity contribution in [2.75, 3.05) is 18.4 Å². The van der Waals surface area contributed by atoms with Gasteiger partial charge in [0.25, 0.3) is 0 Å². The number of hydrogen-bond donors (Lipinski definition) is 3. The van der Waals surface area contributed by atoms with E-state index in [9.17, 15) is 9.59 Å². The minimum absolute atomic E-state index is 0.0466. The van der Waals surface area contributed by atoms with E-state index >= 15 is 0 Å². The summed E-state index contributed by atoms with van der Waals surface area (Å²) >= 11 is 5.01. The molecule has 2 amide bonds. The highest BCUT2D eigenvalue weighted by molar-refractivity contribution is 7.71. The van der Waals surface area contributed by atoms with Gasteiger partial charge >= 0.3 is 0 Å². The molecule has 1 aliphatic heterocycles. The number of benzene rings is 1. The van der Waals surface area contributed by atoms with Crippen LogP contribution in [0.5, 0.6) is 0 Å². The van der Waals surface area contributed by atoms with Crippen LogP contribution in [0.3, 0.4) is 0 Å². The van der Waals surface area contributed by atoms with E-state index in [1.54, 1.807) is 11.0 Å². The van der Waals surface area contributed by atoms with Crippen LogP contribution in [-0.2, 0) is 9.59 Å². The van der Waals surface area contributed by atoms with Gasteiger partial charge in [-0.05, 0) is 36.8 Å². The van der Waals surface area contributed by atoms with Gasteiger partial charge in [-0.15, -0.1) is 0 Å². The Hall–Kier alpha value is -2.15. The van der Waals surface area contributed by atoms with E-state index in [1.807, 2.05) is 12.1 Å². The smallest absolute Gasteiger partial charge is 0.243 e. The molecule has 3 N–H and O–H groups in total. The van der Waals surface area contributed by atoms with Crippen molar-refractivity contribution in [2.45, 2.75) is 12.8 Å². The number of likely N-dealkylation sites (tertiary alicyclic amines) is 1. The normalized spacial score (nSPS) is 15.0. The molecular formula is C13H14N4O2S. The van der Waals surface area contributed by atoms with Crippen molar-refractivity contribution in [1.29, 1.82) is 0 Å². The highest BCUT2D eigenvalue weighted by atomic mass is 32.1. The molecule has 2 aromatic rings. The van der Waals surface area contributed by atoms with Crippen LogP contribution < -0.4 is 5.32 Å². The summed E-state index contributed by atoms with van der Waals surface area (Å²) in [7, 11) is 0. The average Bonchev–Trinajstić information content (AvgIpc) is 2.94. The second kappa shape index (κ2) is 5.09. The molecule has 0 unspecified atom stereocenters. The van der Waals surface area contributed by atoms with Gasteiger partial charge in [0.15, 0.2) is 4.77 Å². The number of nitrogens with zero attached hydrogens (tertiary/aromatic N) is 1. The summed E-state index contributed by atoms with van der Waals surface area (Å²) in [5, 5.41) is 2.79. The number of carbonyl (C=O) groups is 2. The lowest BCUT2D eigenvalue weighted by Crippen LogP contribution is -2.33. The Labute approximate surface area is 120 Å². The van der Waals surface area contributed by atoms with Crippen LogP contribution in [0.4, 0.5) is 5.69 Å². The number of rotatable bonds is 3. The molecule has 0 spiro atoms. The second-order valence-corrected chi connectivity index (χ2v) is 5.21. The molecule has 6 nitrogen and oxygen atoms in total. The minimum Gasteiger partial charge on any atom is -0.333 e. The molecule has 1 aromatic heterocycles. The number of H-pyrrole nitrogens is 2. The number of nitrogens with one attached hydrogen (secondary N) is 3. The number of imidazole rings is 1. The minimum atomic E-state index is -0.186. The van der Waals surface area contributed by atoms with Crippen molar-refractivity contribution >= 4 is 40.8 Å². The third-order valence-corrected chi connectivity index (χ3v) is 3.51. The van der Waals surface area contributed by atoms with Gasteiger partial charge in [-0.3, -0.25) is 9.59 Å². The maximum atomic E-state index is 11.9. The molecule has 1 aromatic carbocycles. The Kier molecular flexibility index (Phi) is 3.27. The van der Waals surface area contributed by atoms with E-state index in [1.165, 1.54) is 0 Å². The fourth-order valence-electron chi connectivity index (χ4n) is 2.36. The number of hydrogen-bond acceptors (Lipinski definition) is 3. The van der Waals surface area contributed by atoms with Crippen molar-refractivity contribution in [1.82, 2.24) is 14.9 Å². The molecule has 0 atom stereocenters. The quantitative estimate of drug-likeness (QED) is 0.754. The Balaban J connectivity index is 1.70. The first-order chi connectivity index (χ1) is 9.61. The summed E-state index contributed by atoms with van der Waals surface area (Å²) in [6.07, 6.45) is 1.37. The Morgan fingerprint density at radius 2 is 2.15 bits per heavy atom. The van der Waals surface area contributed by atoms with Gasteiger partial charge in [0.2, 0.25) is 11.8 Å². The number of amides is 2. The van der Waals surface area contributed by atoms with Gasteiger partial charge in [-0.25, -0.2) is 0 Å². The molecule has 0 bridgehead atoms. The summed E-state index contributed by atoms with van der Waals surface area (Å²) in [6, 6.07) is 5.45. The van der Waals surface area contributed by atoms with E-state index in [4.69, 9.17) is 12.2 Å². The predicted molar refractivity (Wildman–Crippen MR) is 77.9 cm³/mol. The van der Waals surface area contributed by atoms with Crippen LogP contribution in [0.25, 0.3) is 11.0 Å². The van der Waals surface area contributed by atoms with Crippen LogP contribution >= 0.6 is 12.2 Å². The molecule has 2 heterocycles. The number of aromatic nitrogens is 2. The SMILES string of the molecule is O=C(CN1CCCC1=O)Nc1ccc2[nH]c(=S)[nH]c2c1. The van der Waals surface area contributed by atoms with Gasteiger partial charge in [0.1, 0.15) is 0 Å². The van der Waals surface area contributed by atoms with Crippen molar-refractivity contribution < 1.29 is 9.59 Å². The monoisotopic (exact) mass is 290 g/mol. The molecule has 0 aliphatic carbocycles. The van der Waals surface area contributed by atoms with E-state index in [0.717, 1.165) is 17.5 Å². The molecule has 7 heteroatoms. The zero-order chi connectivity index (χ0) is 14.1. The van der Waals surface area contributed by atoms with Crippen molar-refractivity contribution in [3.05, 3.63) is 23.0 Å². The maximum absolute atomic E-state index is 11.9. The van der Waals surface area contributed by atoms with Crippen LogP contribution in [0, 0.1) is 4.77 Å². The van der Waals surface area contributed by atoms with Crippen LogP contribution in [0.2, 0.25) is 0 Å². The lowest BCUT2D eigenvalue weighted by Gasteiger charge is -2.14. The Morgan fingerprint density at radius 3 is 2.90 bits per heavy atom. The predicted octanol–water partition coefficient (Wildman–Crippen LogP) is 1.79. The number of carbonyl (C=O) groups excluding carboxylic acids is 2. The number of fused-ring (bicyclic) bond motifs is 1. The molecule has 3 rings (SSSR count). The zero-order valence-electron chi connectivity index (χ0n) is 10.7. The number of anilines is 1. The van der Waals surface area contributed by atoms with Crippen molar-refractivity contribution in [3.63, 3.8) is 0 Å². The van der Waals surface area contributed by atoms with E-state index < -0.39 is 0 Å². The first-order valence-electron chi connectivity index (χ1n) is 6.41. The standard InChI is InChI=1S/C13H14N4O2S/c18-11(7-17-5-1-2-12(17)19)14-8-3-4-9-10(6-8)16-13(20)15-9/h3-4,6H,1-2,5,7H2,(H,14,18)(H2,15,16,20). The van der Waals surface area contributed by atoms with Crippen LogP contribution in [0.15, 0.2) is 18.2 Å². The largest absolute Gasteiger partial charge is 0.333 e. The van der Waals surface area contributed by atoms with E-state index in [2.05, 4.69) is 15.3 Å². The highest BCUT2D eigenvalue weighted by Crippen LogP contribution is 2.16. The fraction of sp³-hybridized carbons (Fsp3) is 0.308. The summed E-state index contributed by atoms with van der Waals surface area (Å²) in [5.74, 6) is -0.140. The van der Waals surface area contributed by atoms with Gasteiger partial charge < -0.3 is 20.2 Å². The van der Waals surface area contributed by atoms with Gasteiger partial charge in [-0.1, -0.05) is 0 Å². The molecule has 1 saturated heterocycles. The van der Waals surface area contributed by atoms with E-state index in [-0.39, 0.29) is 18.4 Å². The van der Waals surface area contributed by atoms with Crippen LogP contribution in [0.1, 0.15) is 12.8 Å². The first kappa shape index (κ1) is 12.9. The molecule has 1 fully saturated rings. The molecule has 20 heavy (non-hydrogen) atoms. The lowest BCUT2D eigenvalue weighted by atomic mass is 10.2. The summed E-state index contributed by atoms with van der Waals surface area (Å²) in [4.78, 5) is 31.0. The highest BCUT2D eigenvalue weighted by Gasteiger charge is 2.22. The maximum Gasteiger partial charge on any atom is 0.243 e. The van der Waals surface area contributed by atoms with E-state index in [0.29, 0.717) is 23.4 Å². The molecule has 0 radical (unpaired) electrons. The van der Waals surface area contributed by atoms with Gasteiger partial charge in [0, 0.05) is 18.7 Å². The molecule has 1 aliphatic rings. The summed E-state index contributed by atoms with van der Waals surface area (Å²) in [6.45, 7) is 0.774. The van der Waals surface area contributed by atoms with Crippen LogP contribution in [-0.4, -0.2) is 39.8 Å². The molecular weight excluding hydrogens is 276 g/mol. The topological polar surface area (TPSA) is 81.0 Å². The van der Waals surface area contributed by atoms with Crippen molar-refractivity contribution in [3.8, 4) is 0 Å². The average molecular weight is 290 g/mol. The Bertz CT molecular complexity index is 733. The lowest BCUT2D eigenvalue weighted by molar-refractivity contribution is -0.131. The summed E-state index contributed by atoms with van der Waals surface area (Å²) < 4.78 is 0.547. The third kappa shape index (κ3) is 2.57. The number of aromatic amines is 2. The zero-order valence-corrected chi connectivity index (χ0v) is 11.5. The van der Waals surface area contributed by atoms with Crippen molar-refractivity contribution in [2.24, 2.45) is 0 Å². The summed E-state index contributed by atoms with van der Waals surface area (Å²) in [5.41, 5.74) is 2.41. The van der Waals surface area contributed by atoms with Gasteiger partial charge in [-0.2, -0.15) is 0 Å². The Morgan fingerprint density at radius 1 is 1.35 bits per heavy atom. The molecule has 104 valence electrons.